The molecule has 0 spiro atoms. The zero-order valence-electron chi connectivity index (χ0n) is 32.1. The Bertz CT molecular complexity index is 1980. The van der Waals surface area contributed by atoms with Crippen molar-refractivity contribution in [1.29, 1.82) is 0 Å². The number of ether oxygens (including phenoxy) is 2. The number of furan rings is 1. The zero-order valence-corrected chi connectivity index (χ0v) is 19.1. The first kappa shape index (κ1) is 12.9. The topological polar surface area (TPSA) is 125 Å². The van der Waals surface area contributed by atoms with E-state index in [0.29, 0.717) is 5.76 Å². The number of methoxy groups -OCH3 is 1. The number of fused-ring (bicyclic) bond motifs is 3. The molecule has 0 saturated carbocycles. The van der Waals surface area contributed by atoms with Gasteiger partial charge in [-0.15, -0.1) is 5.10 Å². The Kier molecular flexibility index (Phi) is 3.51. The Balaban J connectivity index is 1.32. The minimum atomic E-state index is -3.53. The average Bonchev–Trinajstić information content (AvgIpc) is 3.75. The fraction of sp³-hybridized carbons (Fsp3) is 0.360. The van der Waals surface area contributed by atoms with Crippen LogP contribution in [-0.4, -0.2) is 87.0 Å². The van der Waals surface area contributed by atoms with Gasteiger partial charge in [-0.1, -0.05) is 0 Å². The number of aryl methyl sites for hydroxylation is 1. The van der Waals surface area contributed by atoms with Gasteiger partial charge in [0.2, 0.25) is 11.8 Å². The van der Waals surface area contributed by atoms with Crippen LogP contribution in [0.4, 0.5) is 11.6 Å². The van der Waals surface area contributed by atoms with Crippen LogP contribution in [0.5, 0.6) is 5.75 Å². The lowest BCUT2D eigenvalue weighted by Crippen LogP contribution is -2.47. The van der Waals surface area contributed by atoms with E-state index in [1.54, 1.807) is 12.1 Å². The molecule has 5 aromatic rings. The van der Waals surface area contributed by atoms with Crippen LogP contribution in [0.25, 0.3) is 28.3 Å². The van der Waals surface area contributed by atoms with Gasteiger partial charge < -0.3 is 24.5 Å². The van der Waals surface area contributed by atoms with Crippen LogP contribution >= 0.6 is 0 Å². The summed E-state index contributed by atoms with van der Waals surface area (Å²) >= 11 is 0. The molecule has 12 heteroatoms. The molecule has 0 unspecified atom stereocenters. The fourth-order valence-electron chi connectivity index (χ4n) is 3.58. The first-order chi connectivity index (χ1) is 23.1. The minimum absolute atomic E-state index is 0.0321. The summed E-state index contributed by atoms with van der Waals surface area (Å²) in [6.45, 7) is -18.4. The Morgan fingerprint density at radius 1 is 1.11 bits per heavy atom. The fourth-order valence-corrected chi connectivity index (χ4v) is 3.58. The maximum atomic E-state index is 8.90. The third-order valence-corrected chi connectivity index (χ3v) is 5.31. The van der Waals surface area contributed by atoms with Crippen LogP contribution < -0.4 is 15.4 Å². The number of nitrogens with zero attached hydrogens (tertiary/aromatic N) is 8. The van der Waals surface area contributed by atoms with Crippen molar-refractivity contribution in [3.8, 4) is 17.3 Å². The number of benzene rings is 1. The van der Waals surface area contributed by atoms with Gasteiger partial charge in [-0.25, -0.2) is 9.67 Å². The maximum absolute atomic E-state index is 8.90. The molecule has 12 nitrogen and oxygen atoms in total. The molecule has 192 valence electrons. The van der Waals surface area contributed by atoms with Crippen molar-refractivity contribution in [2.24, 2.45) is 0 Å². The van der Waals surface area contributed by atoms with Crippen molar-refractivity contribution in [1.82, 2.24) is 34.3 Å². The van der Waals surface area contributed by atoms with Crippen LogP contribution in [-0.2, 0) is 11.3 Å². The normalized spacial score (nSPS) is 26.1. The van der Waals surface area contributed by atoms with Gasteiger partial charge >= 0.3 is 0 Å². The first-order valence-corrected chi connectivity index (χ1v) is 11.0. The van der Waals surface area contributed by atoms with E-state index in [4.69, 9.17) is 32.7 Å². The molecule has 0 atom stereocenters. The van der Waals surface area contributed by atoms with Gasteiger partial charge in [0.05, 0.1) is 40.6 Å². The third-order valence-electron chi connectivity index (χ3n) is 5.31. The van der Waals surface area contributed by atoms with E-state index >= 15 is 0 Å². The number of aromatic nitrogens is 6. The Labute approximate surface area is 231 Å². The lowest BCUT2D eigenvalue weighted by atomic mass is 10.2. The average molecular weight is 517 g/mol. The van der Waals surface area contributed by atoms with Gasteiger partial charge in [0.1, 0.15) is 12.4 Å². The number of nitrogens with two attached hydrogens (primary N) is 1. The number of nitrogen functional groups attached to an aromatic ring is 1. The van der Waals surface area contributed by atoms with Gasteiger partial charge in [-0.2, -0.15) is 14.6 Å². The lowest BCUT2D eigenvalue weighted by molar-refractivity contribution is 0.146. The summed E-state index contributed by atoms with van der Waals surface area (Å²) in [5.74, 6) is 0.490. The minimum Gasteiger partial charge on any atom is -0.491 e. The van der Waals surface area contributed by atoms with Crippen molar-refractivity contribution in [2.75, 3.05) is 63.4 Å². The molecule has 2 N–H and O–H groups in total. The second kappa shape index (κ2) is 10.1. The zero-order chi connectivity index (χ0) is 36.7. The summed E-state index contributed by atoms with van der Waals surface area (Å²) < 4.78 is 127. The van der Waals surface area contributed by atoms with E-state index in [0.717, 1.165) is 4.68 Å². The first-order valence-electron chi connectivity index (χ1n) is 17.5. The maximum Gasteiger partial charge on any atom is 0.225 e. The number of hydrogen-bond donors (Lipinski definition) is 1. The van der Waals surface area contributed by atoms with Crippen molar-refractivity contribution in [2.45, 2.75) is 6.54 Å². The van der Waals surface area contributed by atoms with E-state index in [-0.39, 0.29) is 62.9 Å². The van der Waals surface area contributed by atoms with E-state index in [1.807, 2.05) is 0 Å². The smallest absolute Gasteiger partial charge is 0.225 e. The van der Waals surface area contributed by atoms with Crippen molar-refractivity contribution in [3.05, 3.63) is 48.9 Å². The molecule has 1 aromatic carbocycles. The molecule has 1 fully saturated rings. The number of piperazine rings is 1. The molecule has 0 radical (unpaired) electrons. The molecule has 0 aliphatic carbocycles. The quantitative estimate of drug-likeness (QED) is 0.291. The molecule has 0 amide bonds. The van der Waals surface area contributed by atoms with E-state index in [9.17, 15) is 0 Å². The van der Waals surface area contributed by atoms with Crippen molar-refractivity contribution < 1.29 is 31.7 Å². The number of rotatable bonds is 9. The Morgan fingerprint density at radius 3 is 2.76 bits per heavy atom. The number of anilines is 2. The van der Waals surface area contributed by atoms with Gasteiger partial charge in [0, 0.05) is 53.4 Å². The Morgan fingerprint density at radius 2 is 1.97 bits per heavy atom. The monoisotopic (exact) mass is 516 g/mol. The summed E-state index contributed by atoms with van der Waals surface area (Å²) in [6.07, 6.45) is 2.71. The van der Waals surface area contributed by atoms with Crippen LogP contribution in [0.3, 0.4) is 0 Å². The highest BCUT2D eigenvalue weighted by Crippen LogP contribution is 2.24. The molecule has 37 heavy (non-hydrogen) atoms. The molecule has 5 heterocycles. The summed E-state index contributed by atoms with van der Waals surface area (Å²) in [4.78, 5) is 8.84. The Hall–Kier alpha value is -4.16. The molecule has 1 aliphatic heterocycles. The highest BCUT2D eigenvalue weighted by Gasteiger charge is 2.20. The summed E-state index contributed by atoms with van der Waals surface area (Å²) in [6, 6.07) is 8.15. The van der Waals surface area contributed by atoms with Gasteiger partial charge in [-0.3, -0.25) is 4.90 Å². The molecule has 1 saturated heterocycles. The molecular formula is C25H29N9O3. The standard InChI is InChI=1S/C25H29N9O3/c1-35-15-16-36-19-6-4-18(5-7-19)32-11-8-31(9-12-32)10-13-33-23-20(17-27-33)24-28-22(21-3-2-14-37-21)30-34(24)25(26)29-23/h2-7,14,17H,8-13,15-16H2,1H3,(H2,26,29)/i1D3,8D2,9D2,10D2,11D2,12D2. The SMILES string of the molecule is [2H]C([2H])([2H])OCCOc1ccc(N2C([2H])([2H])C([2H])([2H])N(C([2H])([2H])Cn3ncc4c3nc(N)n3nc(-c5ccco5)nc43)C([2H])([2H])C2([2H])[2H])cc1. The second-order valence-corrected chi connectivity index (χ2v) is 7.62. The van der Waals surface area contributed by atoms with Crippen LogP contribution in [0.1, 0.15) is 17.8 Å². The van der Waals surface area contributed by atoms with E-state index in [1.165, 1.54) is 41.2 Å². The van der Waals surface area contributed by atoms with E-state index in [2.05, 4.69) is 24.9 Å². The van der Waals surface area contributed by atoms with Crippen molar-refractivity contribution in [3.63, 3.8) is 0 Å². The molecular weight excluding hydrogens is 474 g/mol. The molecule has 0 bridgehead atoms. The predicted molar refractivity (Wildman–Crippen MR) is 139 cm³/mol. The molecule has 6 rings (SSSR count). The highest BCUT2D eigenvalue weighted by molar-refractivity contribution is 5.90. The van der Waals surface area contributed by atoms with Crippen LogP contribution in [0.2, 0.25) is 0 Å². The van der Waals surface area contributed by atoms with Crippen molar-refractivity contribution >= 4 is 28.3 Å². The van der Waals surface area contributed by atoms with E-state index < -0.39 is 46.1 Å². The van der Waals surface area contributed by atoms with Crippen LogP contribution in [0, 0.1) is 0 Å². The van der Waals surface area contributed by atoms with Crippen LogP contribution in [0.15, 0.2) is 53.3 Å². The largest absolute Gasteiger partial charge is 0.491 e. The van der Waals surface area contributed by atoms with Gasteiger partial charge in [-0.05, 0) is 36.4 Å². The van der Waals surface area contributed by atoms with Gasteiger partial charge in [0.15, 0.2) is 17.1 Å². The predicted octanol–water partition coefficient (Wildman–Crippen LogP) is 2.16. The number of hydrogen-bond acceptors (Lipinski definition) is 10. The summed E-state index contributed by atoms with van der Waals surface area (Å²) in [5, 5.41) is 8.68. The molecule has 4 aromatic heterocycles. The third kappa shape index (κ3) is 4.68. The molecule has 1 aliphatic rings. The summed E-state index contributed by atoms with van der Waals surface area (Å²) in [5.41, 5.74) is 5.98. The van der Waals surface area contributed by atoms with Gasteiger partial charge in [0.25, 0.3) is 0 Å². The highest BCUT2D eigenvalue weighted by atomic mass is 16.5. The lowest BCUT2D eigenvalue weighted by Gasteiger charge is -2.36. The summed E-state index contributed by atoms with van der Waals surface area (Å²) in [7, 11) is -2.62. The second-order valence-electron chi connectivity index (χ2n) is 7.62.